The maximum absolute atomic E-state index is 10.9. The summed E-state index contributed by atoms with van der Waals surface area (Å²) in [6.45, 7) is 2.48. The second kappa shape index (κ2) is 23.6. The van der Waals surface area contributed by atoms with Crippen LogP contribution < -0.4 is 5.90 Å². The second-order valence-electron chi connectivity index (χ2n) is 8.77. The molecular formula is C24H52NO4S+2. The molecule has 0 heterocycles. The normalized spacial score (nSPS) is 13.6. The lowest BCUT2D eigenvalue weighted by atomic mass is 10.0. The van der Waals surface area contributed by atoms with E-state index < -0.39 is 10.8 Å². The molecule has 1 unspecified atom stereocenters. The smallest absolute Gasteiger partial charge is 0.155 e. The van der Waals surface area contributed by atoms with E-state index in [9.17, 15) is 8.76 Å². The molecule has 0 saturated heterocycles. The van der Waals surface area contributed by atoms with Gasteiger partial charge >= 0.3 is 10.8 Å². The standard InChI is InChI=1S/C24H52NO4S/c1-2-3-4-5-6-7-8-9-10-11-12-13-14-15-16-17-18-19-20-21-22-23-24-28-30(26,27)29-25/h2-24H2,1,25H3/q+2. The fourth-order valence-corrected chi connectivity index (χ4v) is 4.30. The fourth-order valence-electron chi connectivity index (χ4n) is 3.91. The van der Waals surface area contributed by atoms with Gasteiger partial charge in [-0.1, -0.05) is 142 Å². The molecule has 0 saturated carbocycles. The third kappa shape index (κ3) is 24.3. The summed E-state index contributed by atoms with van der Waals surface area (Å²) in [5.74, 6) is 2.85. The number of hydrogen-bond donors (Lipinski definition) is 1. The Labute approximate surface area is 188 Å². The zero-order chi connectivity index (χ0) is 22.2. The molecule has 181 valence electrons. The van der Waals surface area contributed by atoms with Gasteiger partial charge in [-0.05, 0) is 6.42 Å². The van der Waals surface area contributed by atoms with Crippen molar-refractivity contribution in [1.29, 1.82) is 0 Å². The predicted octanol–water partition coefficient (Wildman–Crippen LogP) is 7.45. The maximum atomic E-state index is 10.9. The van der Waals surface area contributed by atoms with Crippen LogP contribution in [0.5, 0.6) is 0 Å². The Balaban J connectivity index is 3.06. The van der Waals surface area contributed by atoms with Crippen molar-refractivity contribution in [3.63, 3.8) is 0 Å². The van der Waals surface area contributed by atoms with Crippen LogP contribution in [0.15, 0.2) is 0 Å². The van der Waals surface area contributed by atoms with E-state index in [1.54, 1.807) is 0 Å². The fraction of sp³-hybridized carbons (Fsp3) is 1.00. The van der Waals surface area contributed by atoms with Crippen molar-refractivity contribution in [2.45, 2.75) is 148 Å². The summed E-state index contributed by atoms with van der Waals surface area (Å²) in [7, 11) is -3.86. The predicted molar refractivity (Wildman–Crippen MR) is 126 cm³/mol. The van der Waals surface area contributed by atoms with Gasteiger partial charge in [0.15, 0.2) is 0 Å². The van der Waals surface area contributed by atoms with Gasteiger partial charge in [-0.15, -0.1) is 4.18 Å². The first-order valence-corrected chi connectivity index (χ1v) is 14.3. The Morgan fingerprint density at radius 1 is 0.533 bits per heavy atom. The molecule has 5 nitrogen and oxygen atoms in total. The van der Waals surface area contributed by atoms with Crippen molar-refractivity contribution in [1.82, 2.24) is 0 Å². The highest BCUT2D eigenvalue weighted by molar-refractivity contribution is 7.88. The van der Waals surface area contributed by atoms with Crippen LogP contribution >= 0.6 is 0 Å². The lowest BCUT2D eigenvalue weighted by molar-refractivity contribution is -0.640. The number of hydrogen-bond acceptors (Lipinski definition) is 3. The minimum absolute atomic E-state index is 0.191. The van der Waals surface area contributed by atoms with Gasteiger partial charge in [-0.2, -0.15) is 5.90 Å². The number of unbranched alkanes of at least 4 members (excludes halogenated alkanes) is 21. The Bertz CT molecular complexity index is 382. The highest BCUT2D eigenvalue weighted by Crippen LogP contribution is 2.15. The quantitative estimate of drug-likeness (QED) is 0.0890. The Morgan fingerprint density at radius 3 is 1.07 bits per heavy atom. The maximum Gasteiger partial charge on any atom is 0.597 e. The zero-order valence-corrected chi connectivity index (χ0v) is 20.8. The molecule has 6 heteroatoms. The molecule has 0 aliphatic heterocycles. The monoisotopic (exact) mass is 450 g/mol. The summed E-state index contributed by atoms with van der Waals surface area (Å²) in [6, 6.07) is 0. The van der Waals surface area contributed by atoms with E-state index >= 15 is 0 Å². The molecule has 0 rings (SSSR count). The third-order valence-corrected chi connectivity index (χ3v) is 6.61. The van der Waals surface area contributed by atoms with E-state index in [1.807, 2.05) is 0 Å². The van der Waals surface area contributed by atoms with E-state index in [1.165, 1.54) is 122 Å². The van der Waals surface area contributed by atoms with Crippen LogP contribution in [0, 0.1) is 0 Å². The second-order valence-corrected chi connectivity index (χ2v) is 10.1. The first kappa shape index (κ1) is 30.0. The molecule has 0 aliphatic carbocycles. The van der Waals surface area contributed by atoms with Gasteiger partial charge in [0.05, 0.1) is 4.28 Å². The van der Waals surface area contributed by atoms with Crippen LogP contribution in [-0.2, 0) is 28.0 Å². The van der Waals surface area contributed by atoms with Gasteiger partial charge < -0.3 is 0 Å². The van der Waals surface area contributed by atoms with Crippen molar-refractivity contribution < 1.29 is 23.1 Å². The first-order valence-electron chi connectivity index (χ1n) is 13.0. The van der Waals surface area contributed by atoms with Crippen LogP contribution in [0.2, 0.25) is 0 Å². The van der Waals surface area contributed by atoms with Gasteiger partial charge in [0.2, 0.25) is 0 Å². The van der Waals surface area contributed by atoms with Gasteiger partial charge in [0.25, 0.3) is 0 Å². The van der Waals surface area contributed by atoms with E-state index in [0.29, 0.717) is 0 Å². The minimum Gasteiger partial charge on any atom is -0.155 e. The molecule has 1 radical (unpaired) electrons. The van der Waals surface area contributed by atoms with Crippen LogP contribution in [0.25, 0.3) is 0 Å². The molecule has 1 atom stereocenters. The summed E-state index contributed by atoms with van der Waals surface area (Å²) in [6.07, 6.45) is 29.5. The summed E-state index contributed by atoms with van der Waals surface area (Å²) in [5, 5.41) is 0. The Kier molecular flexibility index (Phi) is 23.6. The number of quaternary nitrogens is 1. The molecule has 0 fully saturated rings. The van der Waals surface area contributed by atoms with E-state index in [4.69, 9.17) is 0 Å². The van der Waals surface area contributed by atoms with E-state index in [0.717, 1.165) is 19.3 Å². The van der Waals surface area contributed by atoms with Crippen molar-refractivity contribution in [3.8, 4) is 0 Å². The third-order valence-electron chi connectivity index (χ3n) is 5.87. The molecule has 3 N–H and O–H groups in total. The van der Waals surface area contributed by atoms with Gasteiger partial charge in [0.1, 0.15) is 11.2 Å². The molecule has 0 aliphatic rings. The van der Waals surface area contributed by atoms with E-state index in [2.05, 4.69) is 21.3 Å². The molecular weight excluding hydrogens is 398 g/mol. The molecule has 0 aromatic heterocycles. The van der Waals surface area contributed by atoms with Crippen LogP contribution in [-0.4, -0.2) is 6.61 Å². The summed E-state index contributed by atoms with van der Waals surface area (Å²) >= 11 is 0. The Morgan fingerprint density at radius 2 is 0.800 bits per heavy atom. The summed E-state index contributed by atoms with van der Waals surface area (Å²) in [4.78, 5) is 0. The van der Waals surface area contributed by atoms with Crippen molar-refractivity contribution in [2.75, 3.05) is 6.61 Å². The largest absolute Gasteiger partial charge is 0.597 e. The molecule has 0 spiro atoms. The van der Waals surface area contributed by atoms with E-state index in [-0.39, 0.29) is 6.61 Å². The minimum atomic E-state index is -3.86. The van der Waals surface area contributed by atoms with Crippen molar-refractivity contribution in [2.24, 2.45) is 0 Å². The zero-order valence-electron chi connectivity index (χ0n) is 20.0. The average Bonchev–Trinajstić information content (AvgIpc) is 2.74. The van der Waals surface area contributed by atoms with Crippen LogP contribution in [0.1, 0.15) is 148 Å². The summed E-state index contributed by atoms with van der Waals surface area (Å²) < 4.78 is 30.4. The Hall–Kier alpha value is -0.0100. The highest BCUT2D eigenvalue weighted by atomic mass is 32.3. The van der Waals surface area contributed by atoms with Crippen molar-refractivity contribution >= 4 is 10.8 Å². The van der Waals surface area contributed by atoms with Crippen LogP contribution in [0.4, 0.5) is 0 Å². The van der Waals surface area contributed by atoms with Crippen LogP contribution in [0.3, 0.4) is 0 Å². The molecule has 0 aromatic rings. The molecule has 0 bridgehead atoms. The van der Waals surface area contributed by atoms with Gasteiger partial charge in [0, 0.05) is 4.21 Å². The molecule has 30 heavy (non-hydrogen) atoms. The van der Waals surface area contributed by atoms with Gasteiger partial charge in [-0.25, -0.2) is 0 Å². The van der Waals surface area contributed by atoms with Gasteiger partial charge in [-0.3, -0.25) is 0 Å². The lowest BCUT2D eigenvalue weighted by Crippen LogP contribution is -2.53. The van der Waals surface area contributed by atoms with Crippen molar-refractivity contribution in [3.05, 3.63) is 0 Å². The number of rotatable bonds is 25. The molecule has 0 amide bonds. The lowest BCUT2D eigenvalue weighted by Gasteiger charge is -2.04. The highest BCUT2D eigenvalue weighted by Gasteiger charge is 2.34. The average molecular weight is 451 g/mol. The SMILES string of the molecule is CCCCCCCCCCCCCCCCCCCCCCCCO[S+]([O])(=O)O[NH3+]. The topological polar surface area (TPSA) is 83.1 Å². The summed E-state index contributed by atoms with van der Waals surface area (Å²) in [5.41, 5.74) is 0. The molecule has 0 aromatic carbocycles. The first-order chi connectivity index (χ1) is 14.6.